The standard InChI is InChI=1S/C47H56BrN12O5P/c1-5-29-21-37(55-47-53-24-34(48)44(57-47)54-36-9-8-35-42(52-17-16-51-35)43(36)66(3,4)64)40(65-2)22-39(29)58-18-12-31(13-19-58)50-15-14-49-23-28-25-59(26-28)32-6-7-33-30(20-32)27-60(46(33)63)38-10-11-41(61)56-45(38)62/h6-9,16-17,20-22,24,28,31,38,49-50H,5,10-15,18-19,23,25-27H2,1-4H3,(H,56,61,62)(H2,53,54,55,57). The first-order valence-corrected chi connectivity index (χ1v) is 26.0. The van der Waals surface area contributed by atoms with Gasteiger partial charge in [-0.05, 0) is 102 Å². The highest BCUT2D eigenvalue weighted by atomic mass is 79.9. The maximum Gasteiger partial charge on any atom is 0.255 e. The van der Waals surface area contributed by atoms with E-state index >= 15 is 0 Å². The van der Waals surface area contributed by atoms with Gasteiger partial charge in [-0.25, -0.2) is 4.98 Å². The normalized spacial score (nSPS) is 18.1. The minimum absolute atomic E-state index is 0.141. The molecule has 1 atom stereocenters. The summed E-state index contributed by atoms with van der Waals surface area (Å²) < 4.78 is 20.1. The van der Waals surface area contributed by atoms with E-state index in [1.165, 1.54) is 11.3 Å². The Morgan fingerprint density at radius 2 is 1.73 bits per heavy atom. The third kappa shape index (κ3) is 9.59. The first-order valence-electron chi connectivity index (χ1n) is 22.6. The van der Waals surface area contributed by atoms with Gasteiger partial charge in [0.25, 0.3) is 5.91 Å². The van der Waals surface area contributed by atoms with Crippen molar-refractivity contribution in [3.63, 3.8) is 0 Å². The number of fused-ring (bicyclic) bond motifs is 2. The summed E-state index contributed by atoms with van der Waals surface area (Å²) in [5.74, 6) is 1.32. The van der Waals surface area contributed by atoms with Crippen molar-refractivity contribution in [3.8, 4) is 5.75 Å². The highest BCUT2D eigenvalue weighted by Gasteiger charge is 2.40. The molecule has 17 nitrogen and oxygen atoms in total. The van der Waals surface area contributed by atoms with E-state index in [0.717, 1.165) is 82.0 Å². The summed E-state index contributed by atoms with van der Waals surface area (Å²) in [5, 5.41) is 17.2. The molecule has 3 fully saturated rings. The number of imide groups is 1. The molecular formula is C47H56BrN12O5P. The van der Waals surface area contributed by atoms with Crippen LogP contribution in [0.4, 0.5) is 34.5 Å². The van der Waals surface area contributed by atoms with E-state index in [2.05, 4.69) is 92.4 Å². The van der Waals surface area contributed by atoms with Crippen LogP contribution < -0.4 is 46.4 Å². The van der Waals surface area contributed by atoms with E-state index in [9.17, 15) is 18.9 Å². The number of piperidine rings is 2. The van der Waals surface area contributed by atoms with Crippen molar-refractivity contribution in [1.29, 1.82) is 0 Å². The number of carbonyl (C=O) groups is 3. The van der Waals surface area contributed by atoms with Gasteiger partial charge in [-0.2, -0.15) is 4.98 Å². The molecule has 3 aromatic carbocycles. The quantitative estimate of drug-likeness (QED) is 0.0470. The molecule has 9 rings (SSSR count). The van der Waals surface area contributed by atoms with Crippen LogP contribution in [0.15, 0.2) is 65.5 Å². The molecule has 2 aromatic heterocycles. The second-order valence-corrected chi connectivity index (χ2v) is 21.8. The number of aromatic nitrogens is 4. The lowest BCUT2D eigenvalue weighted by atomic mass is 9.98. The molecule has 0 saturated carbocycles. The fraction of sp³-hybridized carbons (Fsp3) is 0.426. The molecule has 5 aromatic rings. The summed E-state index contributed by atoms with van der Waals surface area (Å²) in [4.78, 5) is 61.8. The third-order valence-corrected chi connectivity index (χ3v) is 15.1. The van der Waals surface area contributed by atoms with Crippen LogP contribution in [0.3, 0.4) is 0 Å². The molecule has 19 heteroatoms. The number of aryl methyl sites for hydroxylation is 1. The number of ether oxygens (including phenoxy) is 1. The van der Waals surface area contributed by atoms with Gasteiger partial charge in [-0.1, -0.05) is 6.92 Å². The Balaban J connectivity index is 0.734. The summed E-state index contributed by atoms with van der Waals surface area (Å²) in [6.07, 6.45) is 8.45. The monoisotopic (exact) mass is 978 g/mol. The number of benzene rings is 3. The zero-order valence-corrected chi connectivity index (χ0v) is 40.2. The van der Waals surface area contributed by atoms with Gasteiger partial charge >= 0.3 is 0 Å². The van der Waals surface area contributed by atoms with Gasteiger partial charge in [0, 0.05) is 112 Å². The van der Waals surface area contributed by atoms with Gasteiger partial charge in [0.05, 0.1) is 33.8 Å². The molecule has 4 aliphatic heterocycles. The zero-order chi connectivity index (χ0) is 46.1. The Kier molecular flexibility index (Phi) is 13.3. The minimum Gasteiger partial charge on any atom is -0.494 e. The lowest BCUT2D eigenvalue weighted by molar-refractivity contribution is -0.136. The second-order valence-electron chi connectivity index (χ2n) is 17.8. The molecule has 1 unspecified atom stereocenters. The minimum atomic E-state index is -2.77. The van der Waals surface area contributed by atoms with Crippen LogP contribution in [0.5, 0.6) is 5.75 Å². The number of halogens is 1. The van der Waals surface area contributed by atoms with Crippen molar-refractivity contribution < 1.29 is 23.7 Å². The van der Waals surface area contributed by atoms with Crippen LogP contribution in [0.1, 0.15) is 54.1 Å². The molecule has 3 saturated heterocycles. The highest BCUT2D eigenvalue weighted by molar-refractivity contribution is 9.10. The molecule has 346 valence electrons. The Morgan fingerprint density at radius 3 is 2.48 bits per heavy atom. The maximum atomic E-state index is 13.5. The number of hydrogen-bond donors (Lipinski definition) is 5. The van der Waals surface area contributed by atoms with Crippen LogP contribution in [-0.4, -0.2) is 121 Å². The van der Waals surface area contributed by atoms with Crippen molar-refractivity contribution in [3.05, 3.63) is 82.2 Å². The molecule has 0 bridgehead atoms. The predicted octanol–water partition coefficient (Wildman–Crippen LogP) is 5.53. The SMILES string of the molecule is CCc1cc(Nc2ncc(Br)c(Nc3ccc4nccnc4c3P(C)(C)=O)n2)c(OC)cc1N1CCC(NCCNCC2CN(c3ccc4c(c3)CN(C3CCC(=O)NC3=O)C4=O)C2)CC1. The summed E-state index contributed by atoms with van der Waals surface area (Å²) in [7, 11) is -1.10. The molecule has 0 spiro atoms. The van der Waals surface area contributed by atoms with Crippen LogP contribution in [-0.2, 0) is 27.1 Å². The molecular weight excluding hydrogens is 923 g/mol. The van der Waals surface area contributed by atoms with E-state index < -0.39 is 13.2 Å². The average Bonchev–Trinajstić information content (AvgIpc) is 3.61. The molecule has 0 aliphatic carbocycles. The Morgan fingerprint density at radius 1 is 0.924 bits per heavy atom. The summed E-state index contributed by atoms with van der Waals surface area (Å²) >= 11 is 3.59. The van der Waals surface area contributed by atoms with Gasteiger partial charge in [-0.15, -0.1) is 0 Å². The Labute approximate surface area is 392 Å². The van der Waals surface area contributed by atoms with Crippen LogP contribution in [0.2, 0.25) is 0 Å². The van der Waals surface area contributed by atoms with Crippen molar-refractivity contribution >= 4 is 91.6 Å². The van der Waals surface area contributed by atoms with E-state index in [0.29, 0.717) is 74.5 Å². The lowest BCUT2D eigenvalue weighted by Gasteiger charge is -2.41. The Bertz CT molecular complexity index is 2720. The zero-order valence-electron chi connectivity index (χ0n) is 37.7. The van der Waals surface area contributed by atoms with Gasteiger partial charge < -0.3 is 45.3 Å². The molecule has 0 radical (unpaired) electrons. The van der Waals surface area contributed by atoms with Crippen LogP contribution in [0.25, 0.3) is 11.0 Å². The molecule has 5 N–H and O–H groups in total. The van der Waals surface area contributed by atoms with Crippen molar-refractivity contribution in [1.82, 2.24) is 40.8 Å². The van der Waals surface area contributed by atoms with Crippen molar-refractivity contribution in [2.24, 2.45) is 5.92 Å². The fourth-order valence-corrected chi connectivity index (χ4v) is 11.2. The van der Waals surface area contributed by atoms with E-state index in [1.54, 1.807) is 43.9 Å². The third-order valence-electron chi connectivity index (χ3n) is 13.0. The average molecular weight is 980 g/mol. The van der Waals surface area contributed by atoms with Crippen molar-refractivity contribution in [2.75, 3.05) is 86.7 Å². The molecule has 66 heavy (non-hydrogen) atoms. The summed E-state index contributed by atoms with van der Waals surface area (Å²) in [6, 6.07) is 13.8. The smallest absolute Gasteiger partial charge is 0.255 e. The van der Waals surface area contributed by atoms with Gasteiger partial charge in [0.15, 0.2) is 0 Å². The Hall–Kier alpha value is -5.68. The van der Waals surface area contributed by atoms with Gasteiger partial charge in [-0.3, -0.25) is 29.7 Å². The first kappa shape index (κ1) is 45.5. The second kappa shape index (κ2) is 19.3. The van der Waals surface area contributed by atoms with Crippen LogP contribution >= 0.6 is 23.1 Å². The number of anilines is 6. The van der Waals surface area contributed by atoms with Gasteiger partial charge in [0.1, 0.15) is 30.3 Å². The topological polar surface area (TPSA) is 199 Å². The first-order chi connectivity index (χ1) is 31.9. The molecule has 6 heterocycles. The highest BCUT2D eigenvalue weighted by Crippen LogP contribution is 2.42. The van der Waals surface area contributed by atoms with E-state index in [1.807, 2.05) is 24.3 Å². The maximum absolute atomic E-state index is 13.5. The number of methoxy groups -OCH3 is 1. The lowest BCUT2D eigenvalue weighted by Crippen LogP contribution is -2.52. The number of hydrogen-bond acceptors (Lipinski definition) is 15. The molecule has 3 amide bonds. The van der Waals surface area contributed by atoms with E-state index in [4.69, 9.17) is 9.72 Å². The predicted molar refractivity (Wildman–Crippen MR) is 262 cm³/mol. The van der Waals surface area contributed by atoms with Gasteiger partial charge in [0.2, 0.25) is 17.8 Å². The number of carbonyl (C=O) groups excluding carboxylic acids is 3. The number of amides is 3. The van der Waals surface area contributed by atoms with E-state index in [-0.39, 0.29) is 24.1 Å². The van der Waals surface area contributed by atoms with Crippen LogP contribution in [0, 0.1) is 5.92 Å². The fourth-order valence-electron chi connectivity index (χ4n) is 9.55. The molecule has 4 aliphatic rings. The summed E-state index contributed by atoms with van der Waals surface area (Å²) in [6.45, 7) is 12.5. The van der Waals surface area contributed by atoms with Crippen molar-refractivity contribution in [2.45, 2.75) is 57.7 Å². The number of nitrogens with one attached hydrogen (secondary N) is 5. The number of rotatable bonds is 16. The number of nitrogens with zero attached hydrogens (tertiary/aromatic N) is 7. The summed E-state index contributed by atoms with van der Waals surface area (Å²) in [5.41, 5.74) is 7.73. The largest absolute Gasteiger partial charge is 0.494 e.